The first-order valence-electron chi connectivity index (χ1n) is 10.0. The molecule has 31 heavy (non-hydrogen) atoms. The zero-order chi connectivity index (χ0) is 22.1. The number of methoxy groups -OCH3 is 1. The van der Waals surface area contributed by atoms with Crippen LogP contribution >= 0.6 is 11.6 Å². The number of para-hydroxylation sites is 1. The van der Waals surface area contributed by atoms with Gasteiger partial charge in [0, 0.05) is 34.6 Å². The molecule has 2 aromatic carbocycles. The lowest BCUT2D eigenvalue weighted by atomic mass is 10.0. The van der Waals surface area contributed by atoms with Crippen LogP contribution in [0.15, 0.2) is 51.8 Å². The van der Waals surface area contributed by atoms with Gasteiger partial charge in [-0.3, -0.25) is 4.79 Å². The largest absolute Gasteiger partial charge is 0.495 e. The number of H-pyrrole nitrogens is 1. The number of nitrogens with one attached hydrogen (secondary N) is 2. The molecule has 0 aliphatic rings. The third-order valence-electron chi connectivity index (χ3n) is 5.51. The second-order valence-electron chi connectivity index (χ2n) is 7.68. The van der Waals surface area contributed by atoms with Gasteiger partial charge in [0.05, 0.1) is 24.1 Å². The Balaban J connectivity index is 1.52. The molecule has 0 spiro atoms. The van der Waals surface area contributed by atoms with Crippen molar-refractivity contribution in [2.75, 3.05) is 7.11 Å². The molecule has 0 radical (unpaired) electrons. The van der Waals surface area contributed by atoms with Gasteiger partial charge in [-0.15, -0.1) is 0 Å². The van der Waals surface area contributed by atoms with Crippen LogP contribution in [0.5, 0.6) is 5.75 Å². The zero-order valence-electron chi connectivity index (χ0n) is 17.5. The molecule has 0 saturated heterocycles. The van der Waals surface area contributed by atoms with Crippen LogP contribution in [0.2, 0.25) is 5.02 Å². The van der Waals surface area contributed by atoms with Crippen molar-refractivity contribution in [3.63, 3.8) is 0 Å². The monoisotopic (exact) mass is 438 g/mol. The van der Waals surface area contributed by atoms with Crippen molar-refractivity contribution in [3.8, 4) is 5.75 Å². The van der Waals surface area contributed by atoms with E-state index in [0.717, 1.165) is 16.5 Å². The number of ether oxygens (including phenoxy) is 1. The molecule has 6 nitrogen and oxygen atoms in total. The fourth-order valence-corrected chi connectivity index (χ4v) is 4.16. The molecule has 2 aromatic heterocycles. The second-order valence-corrected chi connectivity index (χ2v) is 8.09. The molecule has 4 rings (SSSR count). The topological polar surface area (TPSA) is 84.3 Å². The highest BCUT2D eigenvalue weighted by molar-refractivity contribution is 6.32. The predicted molar refractivity (Wildman–Crippen MR) is 122 cm³/mol. The molecular formula is C24H23ClN2O4. The number of carbonyl (C=O) groups is 1. The summed E-state index contributed by atoms with van der Waals surface area (Å²) in [6.45, 7) is 3.74. The van der Waals surface area contributed by atoms with Crippen LogP contribution in [0.3, 0.4) is 0 Å². The minimum Gasteiger partial charge on any atom is -0.495 e. The van der Waals surface area contributed by atoms with E-state index in [1.54, 1.807) is 19.1 Å². The average molecular weight is 439 g/mol. The normalized spacial score (nSPS) is 12.3. The molecule has 0 saturated carbocycles. The lowest BCUT2D eigenvalue weighted by Gasteiger charge is -2.14. The number of aromatic nitrogens is 1. The summed E-state index contributed by atoms with van der Waals surface area (Å²) in [5, 5.41) is 5.22. The fourth-order valence-electron chi connectivity index (χ4n) is 3.92. The summed E-state index contributed by atoms with van der Waals surface area (Å²) in [7, 11) is 1.49. The molecule has 4 aromatic rings. The van der Waals surface area contributed by atoms with Crippen LogP contribution < -0.4 is 15.7 Å². The summed E-state index contributed by atoms with van der Waals surface area (Å²) in [5.41, 5.74) is 3.04. The predicted octanol–water partition coefficient (Wildman–Crippen LogP) is 4.53. The summed E-state index contributed by atoms with van der Waals surface area (Å²) in [6.07, 6.45) is 2.58. The van der Waals surface area contributed by atoms with Crippen molar-refractivity contribution in [1.29, 1.82) is 0 Å². The zero-order valence-corrected chi connectivity index (χ0v) is 18.3. The van der Waals surface area contributed by atoms with Crippen LogP contribution in [-0.4, -0.2) is 24.0 Å². The molecule has 2 N–H and O–H groups in total. The van der Waals surface area contributed by atoms with E-state index in [9.17, 15) is 9.59 Å². The molecule has 7 heteroatoms. The van der Waals surface area contributed by atoms with Gasteiger partial charge in [-0.2, -0.15) is 0 Å². The second kappa shape index (κ2) is 8.47. The molecule has 2 heterocycles. The van der Waals surface area contributed by atoms with E-state index in [0.29, 0.717) is 39.3 Å². The van der Waals surface area contributed by atoms with Gasteiger partial charge in [0.25, 0.3) is 0 Å². The molecule has 0 bridgehead atoms. The standard InChI is InChI=1S/C24H23ClN2O4/c1-13(8-15-12-26-20-7-5-4-6-16(15)20)27-23(28)10-18-14(2)17-9-19(25)22(30-3)11-21(17)31-24(18)29/h4-7,9,11-13,26H,8,10H2,1-3H3,(H,27,28). The highest BCUT2D eigenvalue weighted by atomic mass is 35.5. The number of amides is 1. The number of halogens is 1. The molecule has 160 valence electrons. The van der Waals surface area contributed by atoms with E-state index in [-0.39, 0.29) is 18.4 Å². The minimum atomic E-state index is -0.534. The number of carbonyl (C=O) groups excluding carboxylic acids is 1. The fraction of sp³-hybridized carbons (Fsp3) is 0.250. The Morgan fingerprint density at radius 2 is 2.03 bits per heavy atom. The molecule has 1 amide bonds. The number of aryl methyl sites for hydroxylation is 1. The van der Waals surface area contributed by atoms with E-state index in [4.69, 9.17) is 20.8 Å². The Morgan fingerprint density at radius 1 is 1.26 bits per heavy atom. The summed E-state index contributed by atoms with van der Waals surface area (Å²) < 4.78 is 10.6. The number of fused-ring (bicyclic) bond motifs is 2. The first-order valence-corrected chi connectivity index (χ1v) is 10.4. The van der Waals surface area contributed by atoms with Crippen LogP contribution in [0, 0.1) is 6.92 Å². The van der Waals surface area contributed by atoms with Gasteiger partial charge < -0.3 is 19.5 Å². The van der Waals surface area contributed by atoms with E-state index in [1.807, 2.05) is 31.3 Å². The van der Waals surface area contributed by atoms with Crippen molar-refractivity contribution < 1.29 is 13.9 Å². The number of hydrogen-bond acceptors (Lipinski definition) is 4. The van der Waals surface area contributed by atoms with E-state index < -0.39 is 5.63 Å². The minimum absolute atomic E-state index is 0.0635. The Labute approximate surface area is 184 Å². The smallest absolute Gasteiger partial charge is 0.340 e. The number of rotatable bonds is 6. The maximum absolute atomic E-state index is 12.7. The van der Waals surface area contributed by atoms with Gasteiger partial charge in [-0.1, -0.05) is 29.8 Å². The summed E-state index contributed by atoms with van der Waals surface area (Å²) in [4.78, 5) is 28.5. The molecular weight excluding hydrogens is 416 g/mol. The Kier molecular flexibility index (Phi) is 5.74. The third kappa shape index (κ3) is 4.16. The van der Waals surface area contributed by atoms with Gasteiger partial charge in [0.15, 0.2) is 0 Å². The number of hydrogen-bond donors (Lipinski definition) is 2. The van der Waals surface area contributed by atoms with Crippen molar-refractivity contribution in [2.45, 2.75) is 32.7 Å². The lowest BCUT2D eigenvalue weighted by Crippen LogP contribution is -2.36. The van der Waals surface area contributed by atoms with Gasteiger partial charge >= 0.3 is 5.63 Å². The molecule has 1 unspecified atom stereocenters. The summed E-state index contributed by atoms with van der Waals surface area (Å²) in [6, 6.07) is 11.2. The Hall–Kier alpha value is -3.25. The number of aromatic amines is 1. The van der Waals surface area contributed by atoms with Gasteiger partial charge in [-0.25, -0.2) is 4.79 Å². The Morgan fingerprint density at radius 3 is 2.81 bits per heavy atom. The quantitative estimate of drug-likeness (QED) is 0.433. The van der Waals surface area contributed by atoms with E-state index in [2.05, 4.69) is 16.4 Å². The Bertz CT molecular complexity index is 1340. The van der Waals surface area contributed by atoms with Crippen LogP contribution in [0.1, 0.15) is 23.6 Å². The highest BCUT2D eigenvalue weighted by Crippen LogP contribution is 2.31. The van der Waals surface area contributed by atoms with Crippen LogP contribution in [0.4, 0.5) is 0 Å². The maximum atomic E-state index is 12.7. The van der Waals surface area contributed by atoms with Crippen LogP contribution in [0.25, 0.3) is 21.9 Å². The molecule has 0 aliphatic carbocycles. The van der Waals surface area contributed by atoms with Gasteiger partial charge in [0.2, 0.25) is 5.91 Å². The van der Waals surface area contributed by atoms with Crippen molar-refractivity contribution in [3.05, 3.63) is 74.7 Å². The SMILES string of the molecule is COc1cc2oc(=O)c(CC(=O)NC(C)Cc3c[nH]c4ccccc34)c(C)c2cc1Cl. The summed E-state index contributed by atoms with van der Waals surface area (Å²) >= 11 is 6.22. The van der Waals surface area contributed by atoms with Crippen molar-refractivity contribution in [2.24, 2.45) is 0 Å². The van der Waals surface area contributed by atoms with Gasteiger partial charge in [0.1, 0.15) is 11.3 Å². The lowest BCUT2D eigenvalue weighted by molar-refractivity contribution is -0.121. The molecule has 0 aliphatic heterocycles. The van der Waals surface area contributed by atoms with Crippen molar-refractivity contribution >= 4 is 39.4 Å². The van der Waals surface area contributed by atoms with E-state index in [1.165, 1.54) is 7.11 Å². The van der Waals surface area contributed by atoms with Gasteiger partial charge in [-0.05, 0) is 43.5 Å². The molecule has 1 atom stereocenters. The first-order chi connectivity index (χ1) is 14.9. The highest BCUT2D eigenvalue weighted by Gasteiger charge is 2.18. The molecule has 0 fully saturated rings. The average Bonchev–Trinajstić information content (AvgIpc) is 3.14. The van der Waals surface area contributed by atoms with E-state index >= 15 is 0 Å². The third-order valence-corrected chi connectivity index (χ3v) is 5.80. The summed E-state index contributed by atoms with van der Waals surface area (Å²) in [5.74, 6) is 0.190. The maximum Gasteiger partial charge on any atom is 0.340 e. The number of benzene rings is 2. The van der Waals surface area contributed by atoms with Crippen LogP contribution in [-0.2, 0) is 17.6 Å². The first kappa shape index (κ1) is 21.0. The van der Waals surface area contributed by atoms with Crippen molar-refractivity contribution in [1.82, 2.24) is 10.3 Å².